The predicted octanol–water partition coefficient (Wildman–Crippen LogP) is 3.91. The molecule has 1 N–H and O–H groups in total. The summed E-state index contributed by atoms with van der Waals surface area (Å²) in [5, 5.41) is 5.11. The number of carbonyl (C=O) groups excluding carboxylic acids is 1. The maximum absolute atomic E-state index is 12.7. The summed E-state index contributed by atoms with van der Waals surface area (Å²) in [5.74, 6) is 0.717. The van der Waals surface area contributed by atoms with Crippen molar-refractivity contribution in [2.24, 2.45) is 0 Å². The van der Waals surface area contributed by atoms with E-state index in [2.05, 4.69) is 10.2 Å². The Kier molecular flexibility index (Phi) is 7.40. The molecule has 0 spiro atoms. The van der Waals surface area contributed by atoms with Crippen molar-refractivity contribution >= 4 is 40.2 Å². The number of aromatic nitrogens is 2. The molecule has 1 saturated heterocycles. The lowest BCUT2D eigenvalue weighted by molar-refractivity contribution is -0.120. The lowest BCUT2D eigenvalue weighted by Gasteiger charge is -2.26. The smallest absolute Gasteiger partial charge is 0.233 e. The number of carbonyl (C=O) groups is 1. The number of rotatable bonds is 7. The highest BCUT2D eigenvalue weighted by Crippen LogP contribution is 2.29. The van der Waals surface area contributed by atoms with E-state index in [4.69, 9.17) is 26.3 Å². The van der Waals surface area contributed by atoms with Gasteiger partial charge < -0.3 is 10.1 Å². The van der Waals surface area contributed by atoms with Crippen LogP contribution in [0.2, 0.25) is 5.02 Å². The molecule has 1 fully saturated rings. The Labute approximate surface area is 191 Å². The van der Waals surface area contributed by atoms with Crippen LogP contribution in [-0.4, -0.2) is 52.3 Å². The van der Waals surface area contributed by atoms with Crippen molar-refractivity contribution < 1.29 is 9.53 Å². The van der Waals surface area contributed by atoms with E-state index >= 15 is 0 Å². The third kappa shape index (κ3) is 5.74. The van der Waals surface area contributed by atoms with E-state index < -0.39 is 0 Å². The summed E-state index contributed by atoms with van der Waals surface area (Å²) in [7, 11) is 0. The van der Waals surface area contributed by atoms with Gasteiger partial charge in [0.15, 0.2) is 0 Å². The SMILES string of the molecule is CC(Sc1nc(CN2CCOCC2)nc2ccccc12)C(=O)NCc1ccccc1Cl. The zero-order valence-electron chi connectivity index (χ0n) is 17.4. The van der Waals surface area contributed by atoms with Crippen LogP contribution in [0, 0.1) is 0 Å². The van der Waals surface area contributed by atoms with Gasteiger partial charge in [0.05, 0.1) is 30.5 Å². The molecule has 1 amide bonds. The zero-order valence-corrected chi connectivity index (χ0v) is 19.0. The van der Waals surface area contributed by atoms with Crippen LogP contribution in [0.4, 0.5) is 0 Å². The number of hydrogen-bond acceptors (Lipinski definition) is 6. The normalized spacial score (nSPS) is 15.7. The number of thioether (sulfide) groups is 1. The molecule has 4 rings (SSSR count). The van der Waals surface area contributed by atoms with E-state index in [0.717, 1.165) is 53.6 Å². The van der Waals surface area contributed by atoms with Crippen molar-refractivity contribution in [3.63, 3.8) is 0 Å². The first-order valence-electron chi connectivity index (χ1n) is 10.3. The maximum atomic E-state index is 12.7. The molecule has 3 aromatic rings. The van der Waals surface area contributed by atoms with Crippen LogP contribution >= 0.6 is 23.4 Å². The fourth-order valence-corrected chi connectivity index (χ4v) is 4.59. The largest absolute Gasteiger partial charge is 0.379 e. The summed E-state index contributed by atoms with van der Waals surface area (Å²) in [6.45, 7) is 6.19. The van der Waals surface area contributed by atoms with E-state index in [1.807, 2.05) is 55.5 Å². The second-order valence-electron chi connectivity index (χ2n) is 7.42. The quantitative estimate of drug-likeness (QED) is 0.429. The van der Waals surface area contributed by atoms with Gasteiger partial charge in [-0.3, -0.25) is 9.69 Å². The molecule has 0 bridgehead atoms. The van der Waals surface area contributed by atoms with Crippen molar-refractivity contribution in [1.29, 1.82) is 0 Å². The Morgan fingerprint density at radius 1 is 1.16 bits per heavy atom. The van der Waals surface area contributed by atoms with Gasteiger partial charge in [-0.2, -0.15) is 0 Å². The predicted molar refractivity (Wildman–Crippen MR) is 124 cm³/mol. The highest BCUT2D eigenvalue weighted by atomic mass is 35.5. The molecule has 6 nitrogen and oxygen atoms in total. The first-order valence-corrected chi connectivity index (χ1v) is 11.6. The summed E-state index contributed by atoms with van der Waals surface area (Å²) in [6, 6.07) is 15.5. The van der Waals surface area contributed by atoms with E-state index in [9.17, 15) is 4.79 Å². The van der Waals surface area contributed by atoms with Gasteiger partial charge in [0, 0.05) is 30.0 Å². The number of hydrogen-bond donors (Lipinski definition) is 1. The number of nitrogens with zero attached hydrogens (tertiary/aromatic N) is 3. The number of benzene rings is 2. The Morgan fingerprint density at radius 2 is 1.90 bits per heavy atom. The fourth-order valence-electron chi connectivity index (χ4n) is 3.40. The van der Waals surface area contributed by atoms with Crippen LogP contribution < -0.4 is 5.32 Å². The van der Waals surface area contributed by atoms with Crippen molar-refractivity contribution in [2.75, 3.05) is 26.3 Å². The van der Waals surface area contributed by atoms with Crippen LogP contribution in [0.25, 0.3) is 10.9 Å². The molecule has 1 aromatic heterocycles. The van der Waals surface area contributed by atoms with Crippen LogP contribution in [0.15, 0.2) is 53.6 Å². The number of para-hydroxylation sites is 1. The van der Waals surface area contributed by atoms with Gasteiger partial charge in [0.2, 0.25) is 5.91 Å². The van der Waals surface area contributed by atoms with Crippen LogP contribution in [-0.2, 0) is 22.6 Å². The van der Waals surface area contributed by atoms with Gasteiger partial charge in [-0.25, -0.2) is 9.97 Å². The lowest BCUT2D eigenvalue weighted by Crippen LogP contribution is -2.36. The summed E-state index contributed by atoms with van der Waals surface area (Å²) in [6.07, 6.45) is 0. The van der Waals surface area contributed by atoms with Gasteiger partial charge in [0.25, 0.3) is 0 Å². The van der Waals surface area contributed by atoms with Crippen LogP contribution in [0.3, 0.4) is 0 Å². The minimum absolute atomic E-state index is 0.0534. The third-order valence-corrected chi connectivity index (χ3v) is 6.62. The van der Waals surface area contributed by atoms with E-state index in [1.165, 1.54) is 11.8 Å². The summed E-state index contributed by atoms with van der Waals surface area (Å²) in [5.41, 5.74) is 1.79. The summed E-state index contributed by atoms with van der Waals surface area (Å²) < 4.78 is 5.43. The molecule has 1 atom stereocenters. The van der Waals surface area contributed by atoms with Crippen LogP contribution in [0.1, 0.15) is 18.3 Å². The van der Waals surface area contributed by atoms with Crippen molar-refractivity contribution in [3.05, 3.63) is 64.9 Å². The molecule has 2 heterocycles. The van der Waals surface area contributed by atoms with E-state index in [0.29, 0.717) is 18.1 Å². The minimum atomic E-state index is -0.308. The lowest BCUT2D eigenvalue weighted by atomic mass is 10.2. The third-order valence-electron chi connectivity index (χ3n) is 5.15. The minimum Gasteiger partial charge on any atom is -0.379 e. The standard InChI is InChI=1S/C23H25ClN4O2S/c1-16(22(29)25-14-17-6-2-4-8-19(17)24)31-23-18-7-3-5-9-20(18)26-21(27-23)15-28-10-12-30-13-11-28/h2-9,16H,10-15H2,1H3,(H,25,29). The Morgan fingerprint density at radius 3 is 2.71 bits per heavy atom. The molecular weight excluding hydrogens is 432 g/mol. The van der Waals surface area contributed by atoms with Crippen molar-refractivity contribution in [2.45, 2.75) is 30.3 Å². The number of ether oxygens (including phenoxy) is 1. The summed E-state index contributed by atoms with van der Waals surface area (Å²) in [4.78, 5) is 24.6. The van der Waals surface area contributed by atoms with Gasteiger partial charge in [-0.05, 0) is 24.6 Å². The molecule has 0 saturated carbocycles. The highest BCUT2D eigenvalue weighted by Gasteiger charge is 2.19. The molecule has 162 valence electrons. The number of halogens is 1. The molecular formula is C23H25ClN4O2S. The second-order valence-corrected chi connectivity index (χ2v) is 9.16. The molecule has 31 heavy (non-hydrogen) atoms. The average molecular weight is 457 g/mol. The zero-order chi connectivity index (χ0) is 21.6. The van der Waals surface area contributed by atoms with Gasteiger partial charge in [-0.1, -0.05) is 59.8 Å². The van der Waals surface area contributed by atoms with Crippen LogP contribution in [0.5, 0.6) is 0 Å². The molecule has 2 aromatic carbocycles. The van der Waals surface area contributed by atoms with Gasteiger partial charge in [0.1, 0.15) is 10.9 Å². The maximum Gasteiger partial charge on any atom is 0.233 e. The number of amides is 1. The number of fused-ring (bicyclic) bond motifs is 1. The Hall–Kier alpha value is -2.19. The highest BCUT2D eigenvalue weighted by molar-refractivity contribution is 8.00. The van der Waals surface area contributed by atoms with E-state index in [-0.39, 0.29) is 11.2 Å². The fraction of sp³-hybridized carbons (Fsp3) is 0.348. The molecule has 1 aliphatic heterocycles. The number of nitrogens with one attached hydrogen (secondary N) is 1. The molecule has 0 aliphatic carbocycles. The van der Waals surface area contributed by atoms with Crippen molar-refractivity contribution in [1.82, 2.24) is 20.2 Å². The Balaban J connectivity index is 1.48. The summed E-state index contributed by atoms with van der Waals surface area (Å²) >= 11 is 7.65. The van der Waals surface area contributed by atoms with Gasteiger partial charge in [-0.15, -0.1) is 0 Å². The second kappa shape index (κ2) is 10.4. The van der Waals surface area contributed by atoms with Gasteiger partial charge >= 0.3 is 0 Å². The number of morpholine rings is 1. The molecule has 8 heteroatoms. The Bertz CT molecular complexity index is 1060. The van der Waals surface area contributed by atoms with Crippen molar-refractivity contribution in [3.8, 4) is 0 Å². The van der Waals surface area contributed by atoms with E-state index in [1.54, 1.807) is 0 Å². The first-order chi connectivity index (χ1) is 15.1. The first kappa shape index (κ1) is 22.0. The molecule has 1 aliphatic rings. The topological polar surface area (TPSA) is 67.3 Å². The molecule has 0 radical (unpaired) electrons. The monoisotopic (exact) mass is 456 g/mol. The average Bonchev–Trinajstić information content (AvgIpc) is 2.79. The molecule has 1 unspecified atom stereocenters.